The summed E-state index contributed by atoms with van der Waals surface area (Å²) in [7, 11) is 1.69. The first-order chi connectivity index (χ1) is 11.4. The van der Waals surface area contributed by atoms with E-state index in [-0.39, 0.29) is 0 Å². The molecule has 134 valence electrons. The third-order valence-electron chi connectivity index (χ3n) is 4.24. The predicted molar refractivity (Wildman–Crippen MR) is 88.0 cm³/mol. The van der Waals surface area contributed by atoms with Crippen LogP contribution >= 0.6 is 0 Å². The number of aliphatic imine (C=N–C) groups is 1. The zero-order valence-corrected chi connectivity index (χ0v) is 14.1. The topological polar surface area (TPSA) is 43.8 Å². The van der Waals surface area contributed by atoms with Crippen LogP contribution in [-0.2, 0) is 6.42 Å². The Morgan fingerprint density at radius 2 is 2.00 bits per heavy atom. The van der Waals surface area contributed by atoms with Crippen molar-refractivity contribution in [3.05, 3.63) is 30.1 Å². The van der Waals surface area contributed by atoms with Gasteiger partial charge in [-0.15, -0.1) is 0 Å². The van der Waals surface area contributed by atoms with Crippen LogP contribution in [0.2, 0.25) is 0 Å². The van der Waals surface area contributed by atoms with Gasteiger partial charge in [0.05, 0.1) is 0 Å². The average Bonchev–Trinajstić information content (AvgIpc) is 2.58. The summed E-state index contributed by atoms with van der Waals surface area (Å²) in [5, 5.41) is 3.26. The SMILES string of the molecule is CN=C(NCCc1ccccn1)N1CCN(C(C)C(F)(F)F)CC1. The highest BCUT2D eigenvalue weighted by Gasteiger charge is 2.41. The van der Waals surface area contributed by atoms with Gasteiger partial charge in [-0.3, -0.25) is 14.9 Å². The third-order valence-corrected chi connectivity index (χ3v) is 4.24. The number of hydrogen-bond donors (Lipinski definition) is 1. The van der Waals surface area contributed by atoms with Crippen LogP contribution in [0.15, 0.2) is 29.4 Å². The van der Waals surface area contributed by atoms with E-state index in [0.29, 0.717) is 32.7 Å². The van der Waals surface area contributed by atoms with Crippen molar-refractivity contribution in [3.63, 3.8) is 0 Å². The van der Waals surface area contributed by atoms with Crippen LogP contribution < -0.4 is 5.32 Å². The second-order valence-electron chi connectivity index (χ2n) is 5.79. The Labute approximate surface area is 140 Å². The van der Waals surface area contributed by atoms with Gasteiger partial charge in [-0.1, -0.05) is 6.07 Å². The van der Waals surface area contributed by atoms with Gasteiger partial charge in [-0.05, 0) is 19.1 Å². The standard InChI is InChI=1S/C16H24F3N5/c1-13(16(17,18)19)23-9-11-24(12-10-23)15(20-2)22-8-6-14-5-3-4-7-21-14/h3-5,7,13H,6,8-12H2,1-2H3,(H,20,22). The van der Waals surface area contributed by atoms with E-state index >= 15 is 0 Å². The molecule has 1 saturated heterocycles. The monoisotopic (exact) mass is 343 g/mol. The van der Waals surface area contributed by atoms with Crippen LogP contribution in [0.3, 0.4) is 0 Å². The lowest BCUT2D eigenvalue weighted by molar-refractivity contribution is -0.181. The molecule has 1 aromatic rings. The summed E-state index contributed by atoms with van der Waals surface area (Å²) in [6.45, 7) is 3.72. The number of aromatic nitrogens is 1. The van der Waals surface area contributed by atoms with Gasteiger partial charge in [0.25, 0.3) is 0 Å². The molecule has 1 atom stereocenters. The normalized spacial score (nSPS) is 18.5. The summed E-state index contributed by atoms with van der Waals surface area (Å²) in [6, 6.07) is 4.37. The summed E-state index contributed by atoms with van der Waals surface area (Å²) < 4.78 is 38.4. The van der Waals surface area contributed by atoms with Crippen molar-refractivity contribution < 1.29 is 13.2 Å². The van der Waals surface area contributed by atoms with E-state index in [1.165, 1.54) is 11.8 Å². The van der Waals surface area contributed by atoms with Gasteiger partial charge in [0.2, 0.25) is 0 Å². The first-order valence-corrected chi connectivity index (χ1v) is 8.08. The maximum Gasteiger partial charge on any atom is 0.403 e. The number of piperazine rings is 1. The molecule has 0 saturated carbocycles. The van der Waals surface area contributed by atoms with E-state index in [9.17, 15) is 13.2 Å². The second kappa shape index (κ2) is 8.32. The fraction of sp³-hybridized carbons (Fsp3) is 0.625. The van der Waals surface area contributed by atoms with Crippen molar-refractivity contribution in [2.24, 2.45) is 4.99 Å². The molecule has 0 spiro atoms. The van der Waals surface area contributed by atoms with Gasteiger partial charge in [-0.25, -0.2) is 0 Å². The Morgan fingerprint density at radius 1 is 1.29 bits per heavy atom. The number of alkyl halides is 3. The lowest BCUT2D eigenvalue weighted by Crippen LogP contribution is -2.56. The molecular formula is C16H24F3N5. The molecule has 1 N–H and O–H groups in total. The van der Waals surface area contributed by atoms with E-state index in [1.54, 1.807) is 13.2 Å². The quantitative estimate of drug-likeness (QED) is 0.668. The third kappa shape index (κ3) is 5.09. The van der Waals surface area contributed by atoms with Gasteiger partial charge in [0.1, 0.15) is 6.04 Å². The van der Waals surface area contributed by atoms with Crippen molar-refractivity contribution in [1.82, 2.24) is 20.1 Å². The van der Waals surface area contributed by atoms with E-state index in [0.717, 1.165) is 18.1 Å². The minimum atomic E-state index is -4.18. The van der Waals surface area contributed by atoms with E-state index in [4.69, 9.17) is 0 Å². The molecule has 0 aliphatic carbocycles. The molecule has 8 heteroatoms. The van der Waals surface area contributed by atoms with E-state index in [2.05, 4.69) is 15.3 Å². The number of hydrogen-bond acceptors (Lipinski definition) is 3. The molecule has 2 heterocycles. The van der Waals surface area contributed by atoms with Gasteiger partial charge < -0.3 is 10.2 Å². The molecule has 1 aliphatic rings. The van der Waals surface area contributed by atoms with E-state index < -0.39 is 12.2 Å². The minimum absolute atomic E-state index is 0.377. The van der Waals surface area contributed by atoms with Crippen LogP contribution in [-0.4, -0.2) is 72.7 Å². The van der Waals surface area contributed by atoms with Gasteiger partial charge in [-0.2, -0.15) is 13.2 Å². The smallest absolute Gasteiger partial charge is 0.356 e. The minimum Gasteiger partial charge on any atom is -0.356 e. The molecule has 5 nitrogen and oxygen atoms in total. The van der Waals surface area contributed by atoms with Crippen molar-refractivity contribution in [3.8, 4) is 0 Å². The van der Waals surface area contributed by atoms with Crippen molar-refractivity contribution in [2.45, 2.75) is 25.6 Å². The lowest BCUT2D eigenvalue weighted by atomic mass is 10.2. The Morgan fingerprint density at radius 3 is 2.54 bits per heavy atom. The number of pyridine rings is 1. The highest BCUT2D eigenvalue weighted by Crippen LogP contribution is 2.25. The molecule has 0 bridgehead atoms. The molecule has 1 fully saturated rings. The molecule has 0 radical (unpaired) electrons. The number of guanidine groups is 1. The molecule has 2 rings (SSSR count). The van der Waals surface area contributed by atoms with E-state index in [1.807, 2.05) is 23.1 Å². The van der Waals surface area contributed by atoms with Gasteiger partial charge >= 0.3 is 6.18 Å². The van der Waals surface area contributed by atoms with Gasteiger partial charge in [0.15, 0.2) is 5.96 Å². The van der Waals surface area contributed by atoms with Crippen LogP contribution in [0.25, 0.3) is 0 Å². The number of nitrogens with one attached hydrogen (secondary N) is 1. The molecule has 1 unspecified atom stereocenters. The predicted octanol–water partition coefficient (Wildman–Crippen LogP) is 1.77. The van der Waals surface area contributed by atoms with Crippen LogP contribution in [0.5, 0.6) is 0 Å². The fourth-order valence-corrected chi connectivity index (χ4v) is 2.71. The highest BCUT2D eigenvalue weighted by molar-refractivity contribution is 5.80. The van der Waals surface area contributed by atoms with Crippen molar-refractivity contribution in [1.29, 1.82) is 0 Å². The Hall–Kier alpha value is -1.83. The Kier molecular flexibility index (Phi) is 6.42. The number of rotatable bonds is 4. The fourth-order valence-electron chi connectivity index (χ4n) is 2.71. The van der Waals surface area contributed by atoms with Gasteiger partial charge in [0, 0.05) is 58.1 Å². The Bertz CT molecular complexity index is 524. The van der Waals surface area contributed by atoms with Crippen LogP contribution in [0.4, 0.5) is 13.2 Å². The Balaban J connectivity index is 1.79. The highest BCUT2D eigenvalue weighted by atomic mass is 19.4. The molecule has 0 amide bonds. The summed E-state index contributed by atoms with van der Waals surface area (Å²) in [5.41, 5.74) is 0.990. The summed E-state index contributed by atoms with van der Waals surface area (Å²) >= 11 is 0. The summed E-state index contributed by atoms with van der Waals surface area (Å²) in [6.07, 6.45) is -1.65. The number of nitrogens with zero attached hydrogens (tertiary/aromatic N) is 4. The summed E-state index contributed by atoms with van der Waals surface area (Å²) in [5.74, 6) is 0.727. The molecular weight excluding hydrogens is 319 g/mol. The maximum atomic E-state index is 12.8. The van der Waals surface area contributed by atoms with Crippen LogP contribution in [0.1, 0.15) is 12.6 Å². The molecule has 24 heavy (non-hydrogen) atoms. The maximum absolute atomic E-state index is 12.8. The first kappa shape index (κ1) is 18.5. The zero-order valence-electron chi connectivity index (χ0n) is 14.1. The summed E-state index contributed by atoms with van der Waals surface area (Å²) in [4.78, 5) is 12.0. The zero-order chi connectivity index (χ0) is 17.6. The van der Waals surface area contributed by atoms with Crippen molar-refractivity contribution in [2.75, 3.05) is 39.8 Å². The average molecular weight is 343 g/mol. The van der Waals surface area contributed by atoms with Crippen molar-refractivity contribution >= 4 is 5.96 Å². The first-order valence-electron chi connectivity index (χ1n) is 8.08. The molecule has 1 aliphatic heterocycles. The number of halogens is 3. The lowest BCUT2D eigenvalue weighted by Gasteiger charge is -2.39. The second-order valence-corrected chi connectivity index (χ2v) is 5.79. The largest absolute Gasteiger partial charge is 0.403 e. The molecule has 1 aromatic heterocycles. The van der Waals surface area contributed by atoms with Crippen LogP contribution in [0, 0.1) is 0 Å². The molecule has 0 aromatic carbocycles.